The maximum absolute atomic E-state index is 7.79. The molecule has 98 valence electrons. The molecule has 1 aliphatic heterocycles. The summed E-state index contributed by atoms with van der Waals surface area (Å²) in [6.45, 7) is 2.73. The van der Waals surface area contributed by atoms with Gasteiger partial charge in [0.05, 0.1) is 5.56 Å². The van der Waals surface area contributed by atoms with Crippen LogP contribution in [0.15, 0.2) is 12.1 Å². The highest BCUT2D eigenvalue weighted by atomic mass is 79.9. The van der Waals surface area contributed by atoms with Gasteiger partial charge in [-0.3, -0.25) is 5.41 Å². The van der Waals surface area contributed by atoms with Crippen LogP contribution in [-0.2, 0) is 4.74 Å². The van der Waals surface area contributed by atoms with Crippen molar-refractivity contribution in [2.75, 3.05) is 17.7 Å². The summed E-state index contributed by atoms with van der Waals surface area (Å²) in [5.41, 5.74) is 9.22. The Balaban J connectivity index is 2.26. The number of benzene rings is 1. The third-order valence-corrected chi connectivity index (χ3v) is 3.58. The number of anilines is 2. The first-order valence-electron chi connectivity index (χ1n) is 6.11. The van der Waals surface area contributed by atoms with Crippen molar-refractivity contribution in [1.82, 2.24) is 0 Å². The van der Waals surface area contributed by atoms with E-state index in [0.717, 1.165) is 30.7 Å². The minimum Gasteiger partial charge on any atom is -0.398 e. The Morgan fingerprint density at radius 1 is 1.50 bits per heavy atom. The zero-order valence-corrected chi connectivity index (χ0v) is 12.0. The molecule has 5 heteroatoms. The fraction of sp³-hybridized carbons (Fsp3) is 0.462. The molecule has 0 bridgehead atoms. The molecule has 0 spiro atoms. The Hall–Kier alpha value is -1.07. The topological polar surface area (TPSA) is 71.1 Å². The van der Waals surface area contributed by atoms with Crippen molar-refractivity contribution in [2.24, 2.45) is 0 Å². The van der Waals surface area contributed by atoms with Crippen LogP contribution in [0.25, 0.3) is 0 Å². The van der Waals surface area contributed by atoms with Gasteiger partial charge in [0, 0.05) is 18.0 Å². The number of nitrogens with two attached hydrogens (primary N) is 1. The van der Waals surface area contributed by atoms with Gasteiger partial charge < -0.3 is 15.8 Å². The molecule has 1 saturated heterocycles. The molecular weight excluding hydrogens is 294 g/mol. The summed E-state index contributed by atoms with van der Waals surface area (Å²) in [7, 11) is 0. The van der Waals surface area contributed by atoms with Crippen molar-refractivity contribution in [3.63, 3.8) is 0 Å². The van der Waals surface area contributed by atoms with Crippen LogP contribution in [-0.4, -0.2) is 17.5 Å². The third kappa shape index (κ3) is 2.84. The van der Waals surface area contributed by atoms with Crippen LogP contribution in [0.5, 0.6) is 0 Å². The van der Waals surface area contributed by atoms with Gasteiger partial charge in [0.2, 0.25) is 0 Å². The lowest BCUT2D eigenvalue weighted by molar-refractivity contribution is 0.0343. The van der Waals surface area contributed by atoms with E-state index in [-0.39, 0.29) is 6.23 Å². The summed E-state index contributed by atoms with van der Waals surface area (Å²) in [4.78, 5) is 0. The Kier molecular flexibility index (Phi) is 4.24. The minimum absolute atomic E-state index is 0.0199. The van der Waals surface area contributed by atoms with Crippen LogP contribution >= 0.6 is 15.9 Å². The Morgan fingerprint density at radius 3 is 2.89 bits per heavy atom. The average molecular weight is 312 g/mol. The van der Waals surface area contributed by atoms with Gasteiger partial charge in [0.1, 0.15) is 10.8 Å². The molecule has 0 amide bonds. The Labute approximate surface area is 116 Å². The normalized spacial score (nSPS) is 19.6. The number of ether oxygens (including phenoxy) is 1. The molecule has 0 saturated carbocycles. The number of nitrogens with one attached hydrogen (secondary N) is 2. The van der Waals surface area contributed by atoms with Gasteiger partial charge in [-0.2, -0.15) is 0 Å². The molecular formula is C13H18BrN3O. The Bertz CT molecular complexity index is 456. The van der Waals surface area contributed by atoms with Crippen LogP contribution in [0, 0.1) is 12.3 Å². The van der Waals surface area contributed by atoms with E-state index in [9.17, 15) is 0 Å². The predicted molar refractivity (Wildman–Crippen MR) is 78.6 cm³/mol. The van der Waals surface area contributed by atoms with E-state index in [1.807, 2.05) is 19.1 Å². The molecule has 1 aromatic rings. The zero-order chi connectivity index (χ0) is 13.1. The molecule has 4 N–H and O–H groups in total. The highest BCUT2D eigenvalue weighted by Gasteiger charge is 2.17. The van der Waals surface area contributed by atoms with Crippen LogP contribution in [0.3, 0.4) is 0 Å². The molecule has 1 atom stereocenters. The van der Waals surface area contributed by atoms with E-state index in [4.69, 9.17) is 15.9 Å². The number of hydrogen-bond donors (Lipinski definition) is 3. The van der Waals surface area contributed by atoms with E-state index >= 15 is 0 Å². The van der Waals surface area contributed by atoms with Crippen molar-refractivity contribution in [3.8, 4) is 0 Å². The van der Waals surface area contributed by atoms with Crippen LogP contribution < -0.4 is 11.1 Å². The molecule has 0 aliphatic carbocycles. The molecule has 1 aliphatic rings. The summed E-state index contributed by atoms with van der Waals surface area (Å²) < 4.78 is 5.94. The van der Waals surface area contributed by atoms with Crippen LogP contribution in [0.1, 0.15) is 30.4 Å². The first-order chi connectivity index (χ1) is 8.59. The number of nitrogen functional groups attached to an aromatic ring is 1. The number of hydrogen-bond acceptors (Lipinski definition) is 4. The Morgan fingerprint density at radius 2 is 2.28 bits per heavy atom. The van der Waals surface area contributed by atoms with E-state index in [0.29, 0.717) is 15.9 Å². The lowest BCUT2D eigenvalue weighted by Crippen LogP contribution is -2.28. The molecule has 18 heavy (non-hydrogen) atoms. The molecule has 1 fully saturated rings. The van der Waals surface area contributed by atoms with Crippen LogP contribution in [0.2, 0.25) is 0 Å². The summed E-state index contributed by atoms with van der Waals surface area (Å²) in [6, 6.07) is 3.91. The first kappa shape index (κ1) is 13.4. The average Bonchev–Trinajstić information content (AvgIpc) is 2.35. The van der Waals surface area contributed by atoms with Gasteiger partial charge >= 0.3 is 0 Å². The summed E-state index contributed by atoms with van der Waals surface area (Å²) >= 11 is 3.21. The number of halogens is 1. The fourth-order valence-corrected chi connectivity index (χ4v) is 2.54. The molecule has 1 heterocycles. The lowest BCUT2D eigenvalue weighted by Gasteiger charge is -2.26. The van der Waals surface area contributed by atoms with Crippen molar-refractivity contribution in [1.29, 1.82) is 5.41 Å². The number of rotatable bonds is 3. The van der Waals surface area contributed by atoms with Gasteiger partial charge in [0.15, 0.2) is 0 Å². The monoisotopic (exact) mass is 311 g/mol. The summed E-state index contributed by atoms with van der Waals surface area (Å²) in [5.74, 6) is 0. The number of aryl methyl sites for hydroxylation is 1. The van der Waals surface area contributed by atoms with Gasteiger partial charge in [-0.15, -0.1) is 0 Å². The lowest BCUT2D eigenvalue weighted by atomic mass is 10.1. The first-order valence-corrected chi connectivity index (χ1v) is 6.90. The van der Waals surface area contributed by atoms with E-state index in [2.05, 4.69) is 21.2 Å². The second kappa shape index (κ2) is 5.71. The minimum atomic E-state index is 0.0199. The smallest absolute Gasteiger partial charge is 0.127 e. The highest BCUT2D eigenvalue weighted by Crippen LogP contribution is 2.29. The third-order valence-electron chi connectivity index (χ3n) is 3.18. The van der Waals surface area contributed by atoms with Crippen molar-refractivity contribution in [3.05, 3.63) is 23.3 Å². The van der Waals surface area contributed by atoms with Gasteiger partial charge in [0.25, 0.3) is 0 Å². The second-order valence-electron chi connectivity index (χ2n) is 4.53. The van der Waals surface area contributed by atoms with Crippen molar-refractivity contribution < 1.29 is 4.74 Å². The van der Waals surface area contributed by atoms with Crippen molar-refractivity contribution in [2.45, 2.75) is 32.4 Å². The van der Waals surface area contributed by atoms with Gasteiger partial charge in [-0.1, -0.05) is 6.07 Å². The van der Waals surface area contributed by atoms with Gasteiger partial charge in [-0.25, -0.2) is 0 Å². The van der Waals surface area contributed by atoms with Crippen LogP contribution in [0.4, 0.5) is 11.4 Å². The molecule has 2 rings (SSSR count). The molecule has 0 radical (unpaired) electrons. The summed E-state index contributed by atoms with van der Waals surface area (Å²) in [5, 5.41) is 11.1. The van der Waals surface area contributed by atoms with Gasteiger partial charge in [-0.05, 0) is 53.7 Å². The largest absolute Gasteiger partial charge is 0.398 e. The second-order valence-corrected chi connectivity index (χ2v) is 5.33. The predicted octanol–water partition coefficient (Wildman–Crippen LogP) is 3.24. The molecule has 1 aromatic carbocycles. The van der Waals surface area contributed by atoms with E-state index in [1.54, 1.807) is 0 Å². The quantitative estimate of drug-likeness (QED) is 0.593. The molecule has 4 nitrogen and oxygen atoms in total. The zero-order valence-electron chi connectivity index (χ0n) is 10.4. The summed E-state index contributed by atoms with van der Waals surface area (Å²) in [6.07, 6.45) is 3.30. The van der Waals surface area contributed by atoms with E-state index in [1.165, 1.54) is 6.42 Å². The van der Waals surface area contributed by atoms with E-state index < -0.39 is 0 Å². The maximum atomic E-state index is 7.79. The standard InChI is InChI=1S/C13H18BrN3O/c1-8-5-6-9(11(12(8)15)13(14)16)17-10-4-2-3-7-18-10/h5-6,10,16-17H,2-4,7,15H2,1H3. The fourth-order valence-electron chi connectivity index (χ4n) is 2.11. The maximum Gasteiger partial charge on any atom is 0.127 e. The highest BCUT2D eigenvalue weighted by molar-refractivity contribution is 9.18. The molecule has 1 unspecified atom stereocenters. The van der Waals surface area contributed by atoms with Crippen molar-refractivity contribution >= 4 is 31.9 Å². The molecule has 0 aromatic heterocycles. The SMILES string of the molecule is Cc1ccc(NC2CCCCO2)c(C(=N)Br)c1N.